The molecule has 0 bridgehead atoms. The molecule has 162 valence electrons. The first kappa shape index (κ1) is 19.8. The average molecular weight is 422 g/mol. The van der Waals surface area contributed by atoms with Crippen LogP contribution in [-0.4, -0.2) is 59.4 Å². The van der Waals surface area contributed by atoms with Crippen molar-refractivity contribution in [1.29, 1.82) is 0 Å². The van der Waals surface area contributed by atoms with Gasteiger partial charge in [-0.1, -0.05) is 0 Å². The highest BCUT2D eigenvalue weighted by molar-refractivity contribution is 6.00. The minimum absolute atomic E-state index is 0.0181. The fraction of sp³-hybridized carbons (Fsp3) is 0.435. The number of ketones is 1. The van der Waals surface area contributed by atoms with Crippen LogP contribution >= 0.6 is 0 Å². The minimum Gasteiger partial charge on any atom is -0.493 e. The van der Waals surface area contributed by atoms with Gasteiger partial charge >= 0.3 is 0 Å². The molecule has 0 aliphatic carbocycles. The van der Waals surface area contributed by atoms with Gasteiger partial charge in [-0.2, -0.15) is 9.61 Å². The van der Waals surface area contributed by atoms with Crippen molar-refractivity contribution in [2.75, 3.05) is 38.3 Å². The predicted molar refractivity (Wildman–Crippen MR) is 115 cm³/mol. The van der Waals surface area contributed by atoms with Gasteiger partial charge in [-0.15, -0.1) is 0 Å². The Morgan fingerprint density at radius 3 is 2.81 bits per heavy atom. The molecule has 3 aromatic rings. The third kappa shape index (κ3) is 3.61. The number of benzene rings is 1. The lowest BCUT2D eigenvalue weighted by Crippen LogP contribution is -2.37. The zero-order chi connectivity index (χ0) is 21.6. The zero-order valence-corrected chi connectivity index (χ0v) is 18.1. The standard InChI is InChI=1S/C23H26N4O4/c1-23(2)14-17-16(4-5-19(29-3)22(17)31-23)18(28)12-15-13-21(26-8-10-30-11-9-26)27-20(25-15)6-7-24-27/h4-7,13H,8-12,14H2,1-3H3. The normalized spacial score (nSPS) is 17.5. The van der Waals surface area contributed by atoms with E-state index in [0.717, 1.165) is 35.8 Å². The molecule has 0 saturated carbocycles. The molecule has 5 rings (SSSR count). The maximum absolute atomic E-state index is 13.4. The Morgan fingerprint density at radius 1 is 1.23 bits per heavy atom. The van der Waals surface area contributed by atoms with Crippen LogP contribution in [0.1, 0.15) is 35.5 Å². The smallest absolute Gasteiger partial charge is 0.169 e. The summed E-state index contributed by atoms with van der Waals surface area (Å²) in [5, 5.41) is 4.41. The second-order valence-electron chi connectivity index (χ2n) is 8.57. The fourth-order valence-corrected chi connectivity index (χ4v) is 4.37. The Bertz CT molecular complexity index is 1150. The van der Waals surface area contributed by atoms with Gasteiger partial charge in [-0.25, -0.2) is 4.98 Å². The zero-order valence-electron chi connectivity index (χ0n) is 18.1. The number of methoxy groups -OCH3 is 1. The van der Waals surface area contributed by atoms with Crippen molar-refractivity contribution in [2.24, 2.45) is 0 Å². The number of anilines is 1. The highest BCUT2D eigenvalue weighted by atomic mass is 16.5. The van der Waals surface area contributed by atoms with E-state index in [1.165, 1.54) is 0 Å². The van der Waals surface area contributed by atoms with Crippen molar-refractivity contribution in [3.8, 4) is 11.5 Å². The second kappa shape index (κ2) is 7.53. The molecule has 31 heavy (non-hydrogen) atoms. The Kier molecular flexibility index (Phi) is 4.81. The summed E-state index contributed by atoms with van der Waals surface area (Å²) in [6.45, 7) is 6.95. The summed E-state index contributed by atoms with van der Waals surface area (Å²) in [5.74, 6) is 2.28. The lowest BCUT2D eigenvalue weighted by molar-refractivity contribution is 0.0991. The van der Waals surface area contributed by atoms with Crippen LogP contribution in [0.25, 0.3) is 5.65 Å². The number of rotatable bonds is 5. The number of carbonyl (C=O) groups excluding carboxylic acids is 1. The van der Waals surface area contributed by atoms with Crippen LogP contribution in [0.15, 0.2) is 30.5 Å². The van der Waals surface area contributed by atoms with Crippen molar-refractivity contribution in [3.05, 3.63) is 47.3 Å². The Morgan fingerprint density at radius 2 is 2.03 bits per heavy atom. The average Bonchev–Trinajstić information content (AvgIpc) is 3.35. The Balaban J connectivity index is 1.49. The molecule has 8 heteroatoms. The molecule has 0 spiro atoms. The first-order valence-corrected chi connectivity index (χ1v) is 10.5. The number of hydrogen-bond acceptors (Lipinski definition) is 7. The van der Waals surface area contributed by atoms with Gasteiger partial charge in [0.1, 0.15) is 11.4 Å². The van der Waals surface area contributed by atoms with E-state index in [0.29, 0.717) is 36.7 Å². The molecule has 0 amide bonds. The van der Waals surface area contributed by atoms with Crippen molar-refractivity contribution >= 4 is 17.2 Å². The summed E-state index contributed by atoms with van der Waals surface area (Å²) >= 11 is 0. The summed E-state index contributed by atoms with van der Waals surface area (Å²) < 4.78 is 18.8. The fourth-order valence-electron chi connectivity index (χ4n) is 4.37. The molecule has 0 N–H and O–H groups in total. The first-order chi connectivity index (χ1) is 14.9. The maximum Gasteiger partial charge on any atom is 0.169 e. The highest BCUT2D eigenvalue weighted by Crippen LogP contribution is 2.43. The summed E-state index contributed by atoms with van der Waals surface area (Å²) in [7, 11) is 1.61. The van der Waals surface area contributed by atoms with Crippen LogP contribution in [0.5, 0.6) is 11.5 Å². The van der Waals surface area contributed by atoms with E-state index >= 15 is 0 Å². The molecule has 1 saturated heterocycles. The number of carbonyl (C=O) groups is 1. The molecule has 0 radical (unpaired) electrons. The van der Waals surface area contributed by atoms with Crippen LogP contribution in [0.2, 0.25) is 0 Å². The SMILES string of the molecule is COc1ccc(C(=O)Cc2cc(N3CCOCC3)n3nccc3n2)c2c1OC(C)(C)C2. The molecule has 8 nitrogen and oxygen atoms in total. The van der Waals surface area contributed by atoms with Crippen molar-refractivity contribution in [1.82, 2.24) is 14.6 Å². The number of aromatic nitrogens is 3. The predicted octanol–water partition coefficient (Wildman–Crippen LogP) is 2.71. The first-order valence-electron chi connectivity index (χ1n) is 10.5. The number of fused-ring (bicyclic) bond motifs is 2. The topological polar surface area (TPSA) is 78.2 Å². The molecule has 4 heterocycles. The molecule has 2 aliphatic rings. The van der Waals surface area contributed by atoms with Crippen LogP contribution in [0.3, 0.4) is 0 Å². The largest absolute Gasteiger partial charge is 0.493 e. The molecular formula is C23H26N4O4. The summed E-state index contributed by atoms with van der Waals surface area (Å²) in [5.41, 5.74) is 2.67. The maximum atomic E-state index is 13.4. The van der Waals surface area contributed by atoms with Crippen LogP contribution in [-0.2, 0) is 17.6 Å². The van der Waals surface area contributed by atoms with Gasteiger partial charge in [-0.3, -0.25) is 4.79 Å². The van der Waals surface area contributed by atoms with Crippen LogP contribution < -0.4 is 14.4 Å². The summed E-state index contributed by atoms with van der Waals surface area (Å²) in [6, 6.07) is 7.47. The third-order valence-electron chi connectivity index (χ3n) is 5.80. The van der Waals surface area contributed by atoms with E-state index in [1.807, 2.05) is 36.6 Å². The molecule has 0 atom stereocenters. The molecule has 1 fully saturated rings. The number of nitrogens with zero attached hydrogens (tertiary/aromatic N) is 4. The number of morpholine rings is 1. The number of Topliss-reactive ketones (excluding diaryl/α,β-unsaturated/α-hetero) is 1. The van der Waals surface area contributed by atoms with Gasteiger partial charge in [0, 0.05) is 42.8 Å². The quantitative estimate of drug-likeness (QED) is 0.585. The number of hydrogen-bond donors (Lipinski definition) is 0. The Labute approximate surface area is 180 Å². The molecule has 2 aromatic heterocycles. The van der Waals surface area contributed by atoms with Gasteiger partial charge in [0.05, 0.1) is 38.6 Å². The monoisotopic (exact) mass is 422 g/mol. The van der Waals surface area contributed by atoms with E-state index in [1.54, 1.807) is 19.4 Å². The van der Waals surface area contributed by atoms with E-state index in [9.17, 15) is 4.79 Å². The van der Waals surface area contributed by atoms with E-state index in [4.69, 9.17) is 14.2 Å². The van der Waals surface area contributed by atoms with Gasteiger partial charge < -0.3 is 19.1 Å². The highest BCUT2D eigenvalue weighted by Gasteiger charge is 2.35. The minimum atomic E-state index is -0.371. The van der Waals surface area contributed by atoms with E-state index in [-0.39, 0.29) is 17.8 Å². The van der Waals surface area contributed by atoms with Crippen LogP contribution in [0.4, 0.5) is 5.82 Å². The summed E-state index contributed by atoms with van der Waals surface area (Å²) in [6.07, 6.45) is 2.60. The van der Waals surface area contributed by atoms with E-state index < -0.39 is 0 Å². The third-order valence-corrected chi connectivity index (χ3v) is 5.80. The molecule has 2 aliphatic heterocycles. The molecule has 1 aromatic carbocycles. The second-order valence-corrected chi connectivity index (χ2v) is 8.57. The lowest BCUT2D eigenvalue weighted by Gasteiger charge is -2.29. The molecular weight excluding hydrogens is 396 g/mol. The van der Waals surface area contributed by atoms with Crippen LogP contribution in [0, 0.1) is 0 Å². The van der Waals surface area contributed by atoms with Gasteiger partial charge in [0.25, 0.3) is 0 Å². The van der Waals surface area contributed by atoms with Crippen molar-refractivity contribution in [2.45, 2.75) is 32.3 Å². The van der Waals surface area contributed by atoms with E-state index in [2.05, 4.69) is 15.0 Å². The number of ether oxygens (including phenoxy) is 3. The van der Waals surface area contributed by atoms with Crippen molar-refractivity contribution < 1.29 is 19.0 Å². The van der Waals surface area contributed by atoms with Gasteiger partial charge in [0.2, 0.25) is 0 Å². The summed E-state index contributed by atoms with van der Waals surface area (Å²) in [4.78, 5) is 20.3. The van der Waals surface area contributed by atoms with Crippen molar-refractivity contribution in [3.63, 3.8) is 0 Å². The van der Waals surface area contributed by atoms with Gasteiger partial charge in [0.15, 0.2) is 22.9 Å². The lowest BCUT2D eigenvalue weighted by atomic mass is 9.93. The molecule has 0 unspecified atom stereocenters. The Hall–Kier alpha value is -3.13. The van der Waals surface area contributed by atoms with Gasteiger partial charge in [-0.05, 0) is 26.0 Å².